The van der Waals surface area contributed by atoms with Crippen molar-refractivity contribution in [3.8, 4) is 11.4 Å². The molecular weight excluding hydrogens is 435 g/mol. The van der Waals surface area contributed by atoms with Gasteiger partial charge in [0, 0.05) is 43.0 Å². The number of hydrogen-bond acceptors (Lipinski definition) is 6. The minimum atomic E-state index is -3.96. The van der Waals surface area contributed by atoms with Gasteiger partial charge in [0.1, 0.15) is 23.1 Å². The summed E-state index contributed by atoms with van der Waals surface area (Å²) in [7, 11) is -3.96. The van der Waals surface area contributed by atoms with E-state index in [9.17, 15) is 17.6 Å². The van der Waals surface area contributed by atoms with Crippen LogP contribution in [-0.4, -0.2) is 57.0 Å². The molecule has 0 saturated carbocycles. The topological polar surface area (TPSA) is 110 Å². The molecule has 1 aromatic carbocycles. The number of pyridine rings is 1. The SMILES string of the molecule is O=C1Cn2nc(-c3cccnc3)nc2CC2(CCN(S(=O)(=O)c3ccccc3F)CC2)N1. The first-order valence-corrected chi connectivity index (χ1v) is 11.7. The molecule has 1 N–H and O–H groups in total. The predicted molar refractivity (Wildman–Crippen MR) is 112 cm³/mol. The van der Waals surface area contributed by atoms with Crippen molar-refractivity contribution >= 4 is 15.9 Å². The van der Waals surface area contributed by atoms with Gasteiger partial charge in [0.15, 0.2) is 5.82 Å². The number of carbonyl (C=O) groups excluding carboxylic acids is 1. The molecule has 166 valence electrons. The Morgan fingerprint density at radius 1 is 1.09 bits per heavy atom. The zero-order chi connectivity index (χ0) is 22.3. The van der Waals surface area contributed by atoms with Crippen molar-refractivity contribution in [2.75, 3.05) is 13.1 Å². The van der Waals surface area contributed by atoms with Gasteiger partial charge in [-0.3, -0.25) is 9.78 Å². The highest BCUT2D eigenvalue weighted by molar-refractivity contribution is 7.89. The number of piperidine rings is 1. The largest absolute Gasteiger partial charge is 0.349 e. The number of carbonyl (C=O) groups is 1. The van der Waals surface area contributed by atoms with Gasteiger partial charge in [0.2, 0.25) is 15.9 Å². The molecule has 1 fully saturated rings. The van der Waals surface area contributed by atoms with Crippen LogP contribution < -0.4 is 5.32 Å². The zero-order valence-electron chi connectivity index (χ0n) is 17.1. The lowest BCUT2D eigenvalue weighted by molar-refractivity contribution is -0.123. The van der Waals surface area contributed by atoms with E-state index in [-0.39, 0.29) is 30.4 Å². The Bertz CT molecular complexity index is 1270. The number of rotatable bonds is 3. The van der Waals surface area contributed by atoms with E-state index in [0.29, 0.717) is 30.9 Å². The van der Waals surface area contributed by atoms with Gasteiger partial charge >= 0.3 is 0 Å². The zero-order valence-corrected chi connectivity index (χ0v) is 17.9. The minimum absolute atomic E-state index is 0.0432. The van der Waals surface area contributed by atoms with Crippen molar-refractivity contribution < 1.29 is 17.6 Å². The summed E-state index contributed by atoms with van der Waals surface area (Å²) in [4.78, 5) is 21.0. The van der Waals surface area contributed by atoms with Crippen LogP contribution in [0.5, 0.6) is 0 Å². The highest BCUT2D eigenvalue weighted by Crippen LogP contribution is 2.32. The van der Waals surface area contributed by atoms with Gasteiger partial charge in [-0.25, -0.2) is 22.5 Å². The third-order valence-corrected chi connectivity index (χ3v) is 7.93. The average Bonchev–Trinajstić information content (AvgIpc) is 3.11. The van der Waals surface area contributed by atoms with E-state index < -0.39 is 21.4 Å². The Kier molecular flexibility index (Phi) is 5.01. The van der Waals surface area contributed by atoms with Crippen LogP contribution in [0, 0.1) is 5.82 Å². The molecule has 32 heavy (non-hydrogen) atoms. The molecule has 0 bridgehead atoms. The fraction of sp³-hybridized carbons (Fsp3) is 0.333. The number of hydrogen-bond donors (Lipinski definition) is 1. The molecule has 4 heterocycles. The highest BCUT2D eigenvalue weighted by Gasteiger charge is 2.42. The van der Waals surface area contributed by atoms with Crippen LogP contribution in [0.15, 0.2) is 53.7 Å². The number of nitrogens with zero attached hydrogens (tertiary/aromatic N) is 5. The van der Waals surface area contributed by atoms with Crippen molar-refractivity contribution in [2.24, 2.45) is 0 Å². The average molecular weight is 457 g/mol. The molecule has 5 rings (SSSR count). The van der Waals surface area contributed by atoms with Gasteiger partial charge in [-0.05, 0) is 37.1 Å². The summed E-state index contributed by atoms with van der Waals surface area (Å²) >= 11 is 0. The van der Waals surface area contributed by atoms with Gasteiger partial charge in [-0.15, -0.1) is 0 Å². The summed E-state index contributed by atoms with van der Waals surface area (Å²) in [6, 6.07) is 9.00. The molecule has 2 aromatic heterocycles. The molecule has 9 nitrogen and oxygen atoms in total. The summed E-state index contributed by atoms with van der Waals surface area (Å²) in [5, 5.41) is 7.53. The number of sulfonamides is 1. The summed E-state index contributed by atoms with van der Waals surface area (Å²) in [5.41, 5.74) is 0.125. The number of benzene rings is 1. The van der Waals surface area contributed by atoms with Gasteiger partial charge in [-0.1, -0.05) is 12.1 Å². The van der Waals surface area contributed by atoms with Crippen LogP contribution in [0.2, 0.25) is 0 Å². The summed E-state index contributed by atoms with van der Waals surface area (Å²) in [6.07, 6.45) is 4.54. The van der Waals surface area contributed by atoms with E-state index in [2.05, 4.69) is 20.4 Å². The van der Waals surface area contributed by atoms with Crippen molar-refractivity contribution in [1.82, 2.24) is 29.4 Å². The third kappa shape index (κ3) is 3.67. The first-order valence-electron chi connectivity index (χ1n) is 10.3. The summed E-state index contributed by atoms with van der Waals surface area (Å²) < 4.78 is 42.9. The van der Waals surface area contributed by atoms with Gasteiger partial charge < -0.3 is 5.32 Å². The first kappa shape index (κ1) is 20.7. The Morgan fingerprint density at radius 2 is 1.88 bits per heavy atom. The van der Waals surface area contributed by atoms with Gasteiger partial charge in [0.25, 0.3) is 0 Å². The monoisotopic (exact) mass is 456 g/mol. The first-order chi connectivity index (χ1) is 15.4. The Hall–Kier alpha value is -3.18. The standard InChI is InChI=1S/C21H21FN6O3S/c22-16-5-1-2-6-17(16)32(30,31)27-10-7-21(8-11-27)12-18-24-20(15-4-3-9-23-13-15)26-28(18)14-19(29)25-21/h1-6,9,13H,7-8,10-12,14H2,(H,25,29). The lowest BCUT2D eigenvalue weighted by Gasteiger charge is -2.40. The molecule has 1 amide bonds. The molecule has 11 heteroatoms. The van der Waals surface area contributed by atoms with Crippen LogP contribution >= 0.6 is 0 Å². The fourth-order valence-electron chi connectivity index (χ4n) is 4.32. The molecule has 1 saturated heterocycles. The number of fused-ring (bicyclic) bond motifs is 1. The van der Waals surface area contributed by atoms with E-state index in [0.717, 1.165) is 11.6 Å². The molecule has 2 aliphatic heterocycles. The normalized spacial score (nSPS) is 18.7. The number of amides is 1. The minimum Gasteiger partial charge on any atom is -0.349 e. The van der Waals surface area contributed by atoms with Crippen molar-refractivity contribution in [3.05, 3.63) is 60.4 Å². The molecule has 0 unspecified atom stereocenters. The quantitative estimate of drug-likeness (QED) is 0.638. The Labute approximate surface area is 184 Å². The molecule has 2 aliphatic rings. The van der Waals surface area contributed by atoms with Gasteiger partial charge in [-0.2, -0.15) is 9.40 Å². The smallest absolute Gasteiger partial charge is 0.245 e. The molecule has 3 aromatic rings. The summed E-state index contributed by atoms with van der Waals surface area (Å²) in [6.45, 7) is 0.378. The fourth-order valence-corrected chi connectivity index (χ4v) is 5.82. The van der Waals surface area contributed by atoms with E-state index in [4.69, 9.17) is 0 Å². The molecule has 0 atom stereocenters. The second-order valence-electron chi connectivity index (χ2n) is 8.09. The van der Waals surface area contributed by atoms with E-state index in [1.807, 2.05) is 6.07 Å². The van der Waals surface area contributed by atoms with Crippen molar-refractivity contribution in [2.45, 2.75) is 36.2 Å². The van der Waals surface area contributed by atoms with E-state index >= 15 is 0 Å². The molecule has 1 spiro atoms. The van der Waals surface area contributed by atoms with Crippen LogP contribution in [-0.2, 0) is 27.8 Å². The third-order valence-electron chi connectivity index (χ3n) is 6.00. The maximum atomic E-state index is 14.1. The Morgan fingerprint density at radius 3 is 2.59 bits per heavy atom. The van der Waals surface area contributed by atoms with Crippen molar-refractivity contribution in [3.63, 3.8) is 0 Å². The number of nitrogens with one attached hydrogen (secondary N) is 1. The molecule has 0 aliphatic carbocycles. The van der Waals surface area contributed by atoms with Crippen LogP contribution in [0.3, 0.4) is 0 Å². The van der Waals surface area contributed by atoms with Gasteiger partial charge in [0.05, 0.1) is 0 Å². The summed E-state index contributed by atoms with van der Waals surface area (Å²) in [5.74, 6) is 0.188. The lowest BCUT2D eigenvalue weighted by Crippen LogP contribution is -2.56. The lowest BCUT2D eigenvalue weighted by atomic mass is 9.85. The van der Waals surface area contributed by atoms with Crippen LogP contribution in [0.1, 0.15) is 18.7 Å². The van der Waals surface area contributed by atoms with Crippen LogP contribution in [0.25, 0.3) is 11.4 Å². The highest BCUT2D eigenvalue weighted by atomic mass is 32.2. The maximum Gasteiger partial charge on any atom is 0.245 e. The second-order valence-corrected chi connectivity index (χ2v) is 10.00. The molecule has 0 radical (unpaired) electrons. The van der Waals surface area contributed by atoms with Crippen LogP contribution in [0.4, 0.5) is 4.39 Å². The van der Waals surface area contributed by atoms with E-state index in [1.165, 1.54) is 22.5 Å². The number of aromatic nitrogens is 4. The maximum absolute atomic E-state index is 14.1. The second kappa shape index (κ2) is 7.75. The molecular formula is C21H21FN6O3S. The van der Waals surface area contributed by atoms with E-state index in [1.54, 1.807) is 23.1 Å². The number of halogens is 1. The van der Waals surface area contributed by atoms with Crippen molar-refractivity contribution in [1.29, 1.82) is 0 Å². The Balaban J connectivity index is 1.38. The predicted octanol–water partition coefficient (Wildman–Crippen LogP) is 1.37.